The number of carbonyl (C=O) groups is 2. The molecule has 176 valence electrons. The highest BCUT2D eigenvalue weighted by molar-refractivity contribution is 5.83. The fourth-order valence-electron chi connectivity index (χ4n) is 3.57. The lowest BCUT2D eigenvalue weighted by Crippen LogP contribution is -2.28. The molecule has 0 bridgehead atoms. The zero-order valence-corrected chi connectivity index (χ0v) is 19.5. The number of allylic oxidation sites excluding steroid dienone is 2. The molecular formula is C25H48N2O3. The molecule has 5 heteroatoms. The Morgan fingerprint density at radius 2 is 1.23 bits per heavy atom. The highest BCUT2D eigenvalue weighted by atomic mass is 16.5. The highest BCUT2D eigenvalue weighted by Crippen LogP contribution is 2.12. The van der Waals surface area contributed by atoms with Gasteiger partial charge in [0.05, 0.1) is 0 Å². The Balaban J connectivity index is 3.28. The van der Waals surface area contributed by atoms with Crippen LogP contribution in [-0.4, -0.2) is 25.0 Å². The van der Waals surface area contributed by atoms with Crippen LogP contribution in [0.15, 0.2) is 12.2 Å². The van der Waals surface area contributed by atoms with Gasteiger partial charge < -0.3 is 16.2 Å². The van der Waals surface area contributed by atoms with Gasteiger partial charge in [0, 0.05) is 25.6 Å². The van der Waals surface area contributed by atoms with Gasteiger partial charge in [0.15, 0.2) is 0 Å². The molecule has 0 radical (unpaired) electrons. The van der Waals surface area contributed by atoms with Crippen LogP contribution in [0.1, 0.15) is 116 Å². The molecule has 0 aromatic rings. The Labute approximate surface area is 185 Å². The molecule has 2 amide bonds. The van der Waals surface area contributed by atoms with Gasteiger partial charge in [-0.15, -0.1) is 0 Å². The summed E-state index contributed by atoms with van der Waals surface area (Å²) in [7, 11) is 0. The summed E-state index contributed by atoms with van der Waals surface area (Å²) in [6.45, 7) is 3.63. The molecule has 0 heterocycles. The topological polar surface area (TPSA) is 95.4 Å². The Morgan fingerprint density at radius 1 is 0.733 bits per heavy atom. The van der Waals surface area contributed by atoms with Crippen molar-refractivity contribution < 1.29 is 14.3 Å². The summed E-state index contributed by atoms with van der Waals surface area (Å²) in [5, 5.41) is 0. The fourth-order valence-corrected chi connectivity index (χ4v) is 3.57. The van der Waals surface area contributed by atoms with Crippen molar-refractivity contribution in [2.75, 3.05) is 13.2 Å². The van der Waals surface area contributed by atoms with Crippen molar-refractivity contribution in [1.29, 1.82) is 0 Å². The van der Waals surface area contributed by atoms with Gasteiger partial charge in [0.1, 0.15) is 0 Å². The van der Waals surface area contributed by atoms with Crippen molar-refractivity contribution in [3.05, 3.63) is 12.2 Å². The van der Waals surface area contributed by atoms with Gasteiger partial charge >= 0.3 is 0 Å². The molecule has 0 aromatic carbocycles. The molecule has 0 aliphatic heterocycles. The first-order chi connectivity index (χ1) is 14.6. The largest absolute Gasteiger partial charge is 0.381 e. The van der Waals surface area contributed by atoms with Gasteiger partial charge in [-0.2, -0.15) is 0 Å². The van der Waals surface area contributed by atoms with E-state index in [0.29, 0.717) is 13.0 Å². The molecule has 0 aliphatic carbocycles. The monoisotopic (exact) mass is 424 g/mol. The summed E-state index contributed by atoms with van der Waals surface area (Å²) in [6, 6.07) is 0. The predicted octanol–water partition coefficient (Wildman–Crippen LogP) is 5.80. The molecular weight excluding hydrogens is 376 g/mol. The van der Waals surface area contributed by atoms with Crippen molar-refractivity contribution in [2.24, 2.45) is 17.4 Å². The number of hydrogen-bond donors (Lipinski definition) is 2. The lowest BCUT2D eigenvalue weighted by atomic mass is 9.99. The van der Waals surface area contributed by atoms with E-state index < -0.39 is 17.7 Å². The number of carbonyl (C=O) groups excluding carboxylic acids is 2. The zero-order valence-electron chi connectivity index (χ0n) is 19.5. The molecule has 0 aliphatic rings. The molecule has 0 fully saturated rings. The quantitative estimate of drug-likeness (QED) is 0.160. The van der Waals surface area contributed by atoms with Crippen LogP contribution in [0.25, 0.3) is 0 Å². The number of hydrogen-bond acceptors (Lipinski definition) is 3. The van der Waals surface area contributed by atoms with Crippen LogP contribution in [-0.2, 0) is 14.3 Å². The van der Waals surface area contributed by atoms with Crippen LogP contribution in [0.2, 0.25) is 0 Å². The van der Waals surface area contributed by atoms with Gasteiger partial charge in [-0.1, -0.05) is 76.9 Å². The average molecular weight is 425 g/mol. The third-order valence-electron chi connectivity index (χ3n) is 5.49. The lowest BCUT2D eigenvalue weighted by Gasteiger charge is -2.11. The molecule has 0 saturated carbocycles. The van der Waals surface area contributed by atoms with Crippen LogP contribution in [0, 0.1) is 5.92 Å². The second kappa shape index (κ2) is 22.3. The minimum absolute atomic E-state index is 0.0320. The van der Waals surface area contributed by atoms with Crippen LogP contribution in [0.4, 0.5) is 0 Å². The second-order valence-electron chi connectivity index (χ2n) is 8.46. The van der Waals surface area contributed by atoms with Crippen molar-refractivity contribution in [2.45, 2.75) is 116 Å². The van der Waals surface area contributed by atoms with E-state index in [0.717, 1.165) is 19.4 Å². The summed E-state index contributed by atoms with van der Waals surface area (Å²) in [4.78, 5) is 22.1. The van der Waals surface area contributed by atoms with Gasteiger partial charge in [-0.3, -0.25) is 9.59 Å². The van der Waals surface area contributed by atoms with E-state index in [-0.39, 0.29) is 6.42 Å². The van der Waals surface area contributed by atoms with Gasteiger partial charge in [-0.25, -0.2) is 0 Å². The summed E-state index contributed by atoms with van der Waals surface area (Å²) in [5.74, 6) is -1.40. The maximum atomic E-state index is 11.2. The van der Waals surface area contributed by atoms with Crippen molar-refractivity contribution >= 4 is 11.8 Å². The fraction of sp³-hybridized carbons (Fsp3) is 0.840. The van der Waals surface area contributed by atoms with E-state index >= 15 is 0 Å². The van der Waals surface area contributed by atoms with E-state index in [1.54, 1.807) is 0 Å². The zero-order chi connectivity index (χ0) is 22.3. The smallest absolute Gasteiger partial charge is 0.221 e. The number of amides is 2. The first-order valence-electron chi connectivity index (χ1n) is 12.4. The molecule has 1 unspecified atom stereocenters. The Morgan fingerprint density at radius 3 is 1.77 bits per heavy atom. The number of unbranched alkanes of at least 4 members (excludes halogenated alkanes) is 12. The highest BCUT2D eigenvalue weighted by Gasteiger charge is 2.17. The summed E-state index contributed by atoms with van der Waals surface area (Å²) >= 11 is 0. The van der Waals surface area contributed by atoms with Crippen molar-refractivity contribution in [1.82, 2.24) is 0 Å². The van der Waals surface area contributed by atoms with Gasteiger partial charge in [0.25, 0.3) is 0 Å². The normalized spacial score (nSPS) is 12.4. The van der Waals surface area contributed by atoms with E-state index in [4.69, 9.17) is 16.2 Å². The van der Waals surface area contributed by atoms with E-state index in [2.05, 4.69) is 19.1 Å². The van der Waals surface area contributed by atoms with E-state index in [1.807, 2.05) is 0 Å². The first kappa shape index (κ1) is 28.6. The standard InChI is InChI=1S/C25H48N2O3/c1-2-3-4-5-6-7-8-9-10-11-12-13-14-15-16-17-20-30-21-18-19-23(25(27)29)22-24(26)28/h9-10,23H,2-8,11-22H2,1H3,(H2,26,28)(H2,27,29)/b10-9-. The average Bonchev–Trinajstić information content (AvgIpc) is 2.71. The summed E-state index contributed by atoms with van der Waals surface area (Å²) in [5.41, 5.74) is 10.4. The molecule has 5 nitrogen and oxygen atoms in total. The van der Waals surface area contributed by atoms with E-state index in [1.165, 1.54) is 83.5 Å². The first-order valence-corrected chi connectivity index (χ1v) is 12.4. The lowest BCUT2D eigenvalue weighted by molar-refractivity contribution is -0.127. The number of ether oxygens (including phenoxy) is 1. The van der Waals surface area contributed by atoms with Crippen molar-refractivity contribution in [3.8, 4) is 0 Å². The number of nitrogens with two attached hydrogens (primary N) is 2. The number of primary amides is 2. The Kier molecular flexibility index (Phi) is 21.3. The minimum Gasteiger partial charge on any atom is -0.381 e. The predicted molar refractivity (Wildman–Crippen MR) is 126 cm³/mol. The van der Waals surface area contributed by atoms with Crippen LogP contribution in [0.3, 0.4) is 0 Å². The third kappa shape index (κ3) is 21.4. The van der Waals surface area contributed by atoms with E-state index in [9.17, 15) is 9.59 Å². The molecule has 0 rings (SSSR count). The summed E-state index contributed by atoms with van der Waals surface area (Å²) in [6.07, 6.45) is 24.3. The maximum Gasteiger partial charge on any atom is 0.221 e. The van der Waals surface area contributed by atoms with Crippen LogP contribution in [0.5, 0.6) is 0 Å². The molecule has 0 aromatic heterocycles. The molecule has 0 spiro atoms. The minimum atomic E-state index is -0.482. The second-order valence-corrected chi connectivity index (χ2v) is 8.46. The van der Waals surface area contributed by atoms with Crippen LogP contribution >= 0.6 is 0 Å². The summed E-state index contributed by atoms with van der Waals surface area (Å²) < 4.78 is 5.61. The molecule has 4 N–H and O–H groups in total. The SMILES string of the molecule is CCCCCCCC/C=C\CCCCCCCCOCCCC(CC(N)=O)C(N)=O. The molecule has 30 heavy (non-hydrogen) atoms. The van der Waals surface area contributed by atoms with Gasteiger partial charge in [0.2, 0.25) is 11.8 Å². The molecule has 1 atom stereocenters. The number of rotatable bonds is 23. The van der Waals surface area contributed by atoms with Gasteiger partial charge in [-0.05, 0) is 44.9 Å². The van der Waals surface area contributed by atoms with Crippen molar-refractivity contribution in [3.63, 3.8) is 0 Å². The Bertz CT molecular complexity index is 438. The Hall–Kier alpha value is -1.36. The third-order valence-corrected chi connectivity index (χ3v) is 5.49. The maximum absolute atomic E-state index is 11.2. The van der Waals surface area contributed by atoms with Crippen LogP contribution < -0.4 is 11.5 Å². The molecule has 0 saturated heterocycles.